The number of nitrogens with zero attached hydrogens (tertiary/aromatic N) is 1. The minimum absolute atomic E-state index is 0.230. The van der Waals surface area contributed by atoms with E-state index in [2.05, 4.69) is 18.9 Å². The van der Waals surface area contributed by atoms with Crippen molar-refractivity contribution in [1.29, 1.82) is 0 Å². The van der Waals surface area contributed by atoms with E-state index in [4.69, 9.17) is 9.47 Å². The third-order valence-corrected chi connectivity index (χ3v) is 2.95. The number of ether oxygens (including phenoxy) is 2. The molecule has 3 heteroatoms. The summed E-state index contributed by atoms with van der Waals surface area (Å²) in [6.45, 7) is 13.9. The minimum Gasteiger partial charge on any atom is -0.347 e. The zero-order valence-electron chi connectivity index (χ0n) is 11.9. The van der Waals surface area contributed by atoms with Gasteiger partial charge in [0.05, 0.1) is 13.2 Å². The van der Waals surface area contributed by atoms with Crippen molar-refractivity contribution >= 4 is 0 Å². The fraction of sp³-hybridized carbons (Fsp3) is 1.00. The maximum absolute atomic E-state index is 5.69. The van der Waals surface area contributed by atoms with Crippen LogP contribution in [0.3, 0.4) is 0 Å². The predicted octanol–water partition coefficient (Wildman–Crippen LogP) is 2.75. The standard InChI is InChI=1S/C9H17NO2.2C2H6/c1-8-7-10(2)4-3-9(8)11-5-6-12-9;2*1-2/h8H,3-7H2,1-2H3;2*1-2H3. The van der Waals surface area contributed by atoms with Crippen molar-refractivity contribution in [3.8, 4) is 0 Å². The van der Waals surface area contributed by atoms with Gasteiger partial charge < -0.3 is 14.4 Å². The Morgan fingerprint density at radius 1 is 1.06 bits per heavy atom. The van der Waals surface area contributed by atoms with Gasteiger partial charge in [-0.15, -0.1) is 0 Å². The monoisotopic (exact) mass is 231 g/mol. The lowest BCUT2D eigenvalue weighted by molar-refractivity contribution is -0.214. The van der Waals surface area contributed by atoms with E-state index in [9.17, 15) is 0 Å². The molecular formula is C13H29NO2. The van der Waals surface area contributed by atoms with E-state index in [1.807, 2.05) is 27.7 Å². The van der Waals surface area contributed by atoms with Gasteiger partial charge >= 0.3 is 0 Å². The van der Waals surface area contributed by atoms with Crippen LogP contribution in [0, 0.1) is 5.92 Å². The molecule has 3 nitrogen and oxygen atoms in total. The number of hydrogen-bond donors (Lipinski definition) is 0. The zero-order valence-corrected chi connectivity index (χ0v) is 11.9. The van der Waals surface area contributed by atoms with Crippen molar-refractivity contribution in [3.63, 3.8) is 0 Å². The van der Waals surface area contributed by atoms with Gasteiger partial charge in [-0.05, 0) is 7.05 Å². The van der Waals surface area contributed by atoms with Gasteiger partial charge in [0.2, 0.25) is 0 Å². The summed E-state index contributed by atoms with van der Waals surface area (Å²) in [5.74, 6) is 0.269. The molecule has 1 unspecified atom stereocenters. The van der Waals surface area contributed by atoms with Gasteiger partial charge in [0.25, 0.3) is 0 Å². The molecule has 0 aromatic rings. The van der Waals surface area contributed by atoms with E-state index < -0.39 is 0 Å². The molecule has 0 bridgehead atoms. The fourth-order valence-corrected chi connectivity index (χ4v) is 2.19. The number of hydrogen-bond acceptors (Lipinski definition) is 3. The molecule has 0 aromatic carbocycles. The van der Waals surface area contributed by atoms with Crippen LogP contribution in [0.25, 0.3) is 0 Å². The molecule has 0 saturated carbocycles. The molecule has 98 valence electrons. The molecule has 0 aliphatic carbocycles. The van der Waals surface area contributed by atoms with Crippen LogP contribution in [0.5, 0.6) is 0 Å². The fourth-order valence-electron chi connectivity index (χ4n) is 2.19. The Bertz CT molecular complexity index is 167. The molecule has 2 aliphatic heterocycles. The predicted molar refractivity (Wildman–Crippen MR) is 68.6 cm³/mol. The highest BCUT2D eigenvalue weighted by Crippen LogP contribution is 2.35. The molecule has 0 amide bonds. The van der Waals surface area contributed by atoms with Gasteiger partial charge in [-0.1, -0.05) is 34.6 Å². The van der Waals surface area contributed by atoms with Crippen LogP contribution in [0.1, 0.15) is 41.0 Å². The van der Waals surface area contributed by atoms with E-state index in [-0.39, 0.29) is 5.79 Å². The van der Waals surface area contributed by atoms with E-state index in [0.29, 0.717) is 5.92 Å². The van der Waals surface area contributed by atoms with E-state index in [1.165, 1.54) is 0 Å². The summed E-state index contributed by atoms with van der Waals surface area (Å²) in [6, 6.07) is 0. The van der Waals surface area contributed by atoms with E-state index >= 15 is 0 Å². The molecule has 0 N–H and O–H groups in total. The van der Waals surface area contributed by atoms with Crippen LogP contribution < -0.4 is 0 Å². The summed E-state index contributed by atoms with van der Waals surface area (Å²) in [6.07, 6.45) is 1.02. The molecule has 2 saturated heterocycles. The normalized spacial score (nSPS) is 27.8. The lowest BCUT2D eigenvalue weighted by atomic mass is 9.93. The first kappa shape index (κ1) is 15.9. The smallest absolute Gasteiger partial charge is 0.173 e. The first-order chi connectivity index (χ1) is 7.73. The second-order valence-corrected chi connectivity index (χ2v) is 3.92. The van der Waals surface area contributed by atoms with Crippen molar-refractivity contribution in [3.05, 3.63) is 0 Å². The average molecular weight is 231 g/mol. The molecule has 0 radical (unpaired) electrons. The van der Waals surface area contributed by atoms with Gasteiger partial charge in [0.1, 0.15) is 0 Å². The van der Waals surface area contributed by atoms with Crippen molar-refractivity contribution in [2.24, 2.45) is 5.92 Å². The summed E-state index contributed by atoms with van der Waals surface area (Å²) in [7, 11) is 2.15. The van der Waals surface area contributed by atoms with Crippen molar-refractivity contribution in [1.82, 2.24) is 4.90 Å². The second kappa shape index (κ2) is 8.04. The molecule has 0 aromatic heterocycles. The van der Waals surface area contributed by atoms with Gasteiger partial charge in [-0.3, -0.25) is 0 Å². The lowest BCUT2D eigenvalue weighted by Crippen LogP contribution is -2.50. The Kier molecular flexibility index (Phi) is 7.98. The summed E-state index contributed by atoms with van der Waals surface area (Å²) in [4.78, 5) is 2.33. The molecule has 2 heterocycles. The molecular weight excluding hydrogens is 202 g/mol. The first-order valence-corrected chi connectivity index (χ1v) is 6.69. The van der Waals surface area contributed by atoms with E-state index in [1.54, 1.807) is 0 Å². The highest BCUT2D eigenvalue weighted by molar-refractivity contribution is 4.86. The van der Waals surface area contributed by atoms with Crippen molar-refractivity contribution in [2.45, 2.75) is 46.8 Å². The lowest BCUT2D eigenvalue weighted by Gasteiger charge is -2.41. The van der Waals surface area contributed by atoms with Gasteiger partial charge in [-0.25, -0.2) is 0 Å². The number of likely N-dealkylation sites (tertiary alicyclic amines) is 1. The van der Waals surface area contributed by atoms with E-state index in [0.717, 1.165) is 32.7 Å². The Labute approximate surface area is 101 Å². The Balaban J connectivity index is 0.000000509. The van der Waals surface area contributed by atoms with Crippen LogP contribution in [0.2, 0.25) is 0 Å². The highest BCUT2D eigenvalue weighted by Gasteiger charge is 2.44. The zero-order chi connectivity index (χ0) is 12.6. The van der Waals surface area contributed by atoms with Gasteiger partial charge in [0.15, 0.2) is 5.79 Å². The van der Waals surface area contributed by atoms with Crippen molar-refractivity contribution < 1.29 is 9.47 Å². The average Bonchev–Trinajstić information content (AvgIpc) is 2.80. The Morgan fingerprint density at radius 3 is 2.00 bits per heavy atom. The molecule has 2 fully saturated rings. The number of rotatable bonds is 0. The maximum atomic E-state index is 5.69. The number of piperidine rings is 1. The van der Waals surface area contributed by atoms with Gasteiger partial charge in [-0.2, -0.15) is 0 Å². The van der Waals surface area contributed by atoms with Crippen LogP contribution in [0.4, 0.5) is 0 Å². The third-order valence-electron chi connectivity index (χ3n) is 2.95. The minimum atomic E-state index is -0.230. The molecule has 2 aliphatic rings. The Hall–Kier alpha value is -0.120. The summed E-state index contributed by atoms with van der Waals surface area (Å²) in [5.41, 5.74) is 0. The summed E-state index contributed by atoms with van der Waals surface area (Å²) >= 11 is 0. The Morgan fingerprint density at radius 2 is 1.56 bits per heavy atom. The van der Waals surface area contributed by atoms with Crippen LogP contribution in [0.15, 0.2) is 0 Å². The largest absolute Gasteiger partial charge is 0.347 e. The van der Waals surface area contributed by atoms with Gasteiger partial charge in [0, 0.05) is 25.4 Å². The van der Waals surface area contributed by atoms with Crippen LogP contribution >= 0.6 is 0 Å². The molecule has 2 rings (SSSR count). The van der Waals surface area contributed by atoms with Crippen LogP contribution in [-0.4, -0.2) is 44.0 Å². The van der Waals surface area contributed by atoms with Crippen LogP contribution in [-0.2, 0) is 9.47 Å². The molecule has 1 spiro atoms. The third kappa shape index (κ3) is 3.72. The summed E-state index contributed by atoms with van der Waals surface area (Å²) in [5, 5.41) is 0. The SMILES string of the molecule is CC.CC.CC1CN(C)CCC12OCCO2. The topological polar surface area (TPSA) is 21.7 Å². The second-order valence-electron chi connectivity index (χ2n) is 3.92. The quantitative estimate of drug-likeness (QED) is 0.640. The highest BCUT2D eigenvalue weighted by atomic mass is 16.7. The van der Waals surface area contributed by atoms with Crippen molar-refractivity contribution in [2.75, 3.05) is 33.4 Å². The summed E-state index contributed by atoms with van der Waals surface area (Å²) < 4.78 is 11.4. The first-order valence-electron chi connectivity index (χ1n) is 6.69. The maximum Gasteiger partial charge on any atom is 0.173 e. The molecule has 16 heavy (non-hydrogen) atoms. The molecule has 1 atom stereocenters.